The van der Waals surface area contributed by atoms with Gasteiger partial charge in [0.1, 0.15) is 0 Å². The van der Waals surface area contributed by atoms with Crippen LogP contribution in [0.5, 0.6) is 0 Å². The van der Waals surface area contributed by atoms with Crippen molar-refractivity contribution in [2.24, 2.45) is 0 Å². The van der Waals surface area contributed by atoms with Crippen molar-refractivity contribution in [2.75, 3.05) is 7.11 Å². The Morgan fingerprint density at radius 1 is 1.29 bits per heavy atom. The van der Waals surface area contributed by atoms with Crippen molar-refractivity contribution >= 4 is 22.4 Å². The molecule has 0 fully saturated rings. The lowest BCUT2D eigenvalue weighted by Gasteiger charge is -2.03. The molecule has 0 N–H and O–H groups in total. The standard InChI is InChI=1S/C12H9NO4/c1-17-12(14)9-6-8-4-2-3-5-10(8)11(7-9)13(15)16/h2-7H,1H3. The molecule has 0 aliphatic heterocycles. The van der Waals surface area contributed by atoms with Crippen LogP contribution in [-0.4, -0.2) is 18.0 Å². The lowest BCUT2D eigenvalue weighted by Crippen LogP contribution is -2.02. The third-order valence-electron chi connectivity index (χ3n) is 2.46. The fraction of sp³-hybridized carbons (Fsp3) is 0.0833. The van der Waals surface area contributed by atoms with Gasteiger partial charge < -0.3 is 4.74 Å². The van der Waals surface area contributed by atoms with E-state index < -0.39 is 10.9 Å². The largest absolute Gasteiger partial charge is 0.465 e. The minimum absolute atomic E-state index is 0.0940. The number of benzene rings is 2. The van der Waals surface area contributed by atoms with Gasteiger partial charge in [0.15, 0.2) is 0 Å². The summed E-state index contributed by atoms with van der Waals surface area (Å²) >= 11 is 0. The van der Waals surface area contributed by atoms with E-state index in [4.69, 9.17) is 0 Å². The van der Waals surface area contributed by atoms with Crippen molar-refractivity contribution in [3.63, 3.8) is 0 Å². The third-order valence-corrected chi connectivity index (χ3v) is 2.46. The number of hydrogen-bond acceptors (Lipinski definition) is 4. The van der Waals surface area contributed by atoms with Crippen molar-refractivity contribution in [1.82, 2.24) is 0 Å². The zero-order valence-electron chi connectivity index (χ0n) is 9.04. The molecule has 0 atom stereocenters. The molecule has 0 saturated heterocycles. The van der Waals surface area contributed by atoms with Crippen LogP contribution in [0.2, 0.25) is 0 Å². The normalized spacial score (nSPS) is 10.2. The lowest BCUT2D eigenvalue weighted by atomic mass is 10.1. The number of non-ortho nitro benzene ring substituents is 1. The molecule has 0 amide bonds. The Kier molecular flexibility index (Phi) is 2.74. The van der Waals surface area contributed by atoms with Gasteiger partial charge in [-0.05, 0) is 17.5 Å². The maximum absolute atomic E-state index is 11.4. The maximum Gasteiger partial charge on any atom is 0.338 e. The second-order valence-corrected chi connectivity index (χ2v) is 3.47. The van der Waals surface area contributed by atoms with E-state index in [0.717, 1.165) is 0 Å². The second-order valence-electron chi connectivity index (χ2n) is 3.47. The summed E-state index contributed by atoms with van der Waals surface area (Å²) in [7, 11) is 1.24. The molecule has 2 rings (SSSR count). The molecule has 0 radical (unpaired) electrons. The van der Waals surface area contributed by atoms with Gasteiger partial charge in [0.2, 0.25) is 0 Å². The van der Waals surface area contributed by atoms with Gasteiger partial charge in [-0.15, -0.1) is 0 Å². The number of nitro benzene ring substituents is 1. The maximum atomic E-state index is 11.4. The molecule has 0 aliphatic rings. The Hall–Kier alpha value is -2.43. The van der Waals surface area contributed by atoms with Crippen molar-refractivity contribution in [1.29, 1.82) is 0 Å². The molecule has 0 unspecified atom stereocenters. The first-order chi connectivity index (χ1) is 8.13. The van der Waals surface area contributed by atoms with Gasteiger partial charge in [-0.25, -0.2) is 4.79 Å². The molecule has 5 heteroatoms. The summed E-state index contributed by atoms with van der Waals surface area (Å²) in [6.45, 7) is 0. The number of carbonyl (C=O) groups excluding carboxylic acids is 1. The van der Waals surface area contributed by atoms with E-state index in [9.17, 15) is 14.9 Å². The van der Waals surface area contributed by atoms with Gasteiger partial charge in [-0.3, -0.25) is 10.1 Å². The number of hydrogen-bond donors (Lipinski definition) is 0. The van der Waals surface area contributed by atoms with E-state index in [0.29, 0.717) is 10.8 Å². The van der Waals surface area contributed by atoms with Crippen LogP contribution in [0.25, 0.3) is 10.8 Å². The highest BCUT2D eigenvalue weighted by Gasteiger charge is 2.16. The fourth-order valence-electron chi connectivity index (χ4n) is 1.68. The van der Waals surface area contributed by atoms with Crippen LogP contribution in [0.4, 0.5) is 5.69 Å². The van der Waals surface area contributed by atoms with Crippen LogP contribution in [0.1, 0.15) is 10.4 Å². The van der Waals surface area contributed by atoms with Crippen molar-refractivity contribution < 1.29 is 14.5 Å². The molecule has 0 saturated carbocycles. The highest BCUT2D eigenvalue weighted by atomic mass is 16.6. The molecule has 2 aromatic rings. The van der Waals surface area contributed by atoms with Crippen molar-refractivity contribution in [3.05, 3.63) is 52.1 Å². The first-order valence-electron chi connectivity index (χ1n) is 4.89. The molecule has 2 aromatic carbocycles. The van der Waals surface area contributed by atoms with E-state index in [1.165, 1.54) is 13.2 Å². The average Bonchev–Trinajstić information content (AvgIpc) is 2.36. The molecule has 0 spiro atoms. The zero-order chi connectivity index (χ0) is 12.4. The molecule has 0 heterocycles. The number of esters is 1. The number of carbonyl (C=O) groups is 1. The Balaban J connectivity index is 2.76. The topological polar surface area (TPSA) is 69.4 Å². The average molecular weight is 231 g/mol. The molecule has 0 aromatic heterocycles. The highest BCUT2D eigenvalue weighted by molar-refractivity contribution is 5.99. The number of nitro groups is 1. The SMILES string of the molecule is COC(=O)c1cc([N+](=O)[O-])c2ccccc2c1. The van der Waals surface area contributed by atoms with E-state index in [1.807, 2.05) is 0 Å². The summed E-state index contributed by atoms with van der Waals surface area (Å²) in [6.07, 6.45) is 0. The van der Waals surface area contributed by atoms with Gasteiger partial charge >= 0.3 is 5.97 Å². The summed E-state index contributed by atoms with van der Waals surface area (Å²) in [5, 5.41) is 12.1. The van der Waals surface area contributed by atoms with Gasteiger partial charge in [0, 0.05) is 6.07 Å². The number of fused-ring (bicyclic) bond motifs is 1. The predicted molar refractivity (Wildman–Crippen MR) is 61.9 cm³/mol. The lowest BCUT2D eigenvalue weighted by molar-refractivity contribution is -0.383. The van der Waals surface area contributed by atoms with Gasteiger partial charge in [0.05, 0.1) is 23.0 Å². The summed E-state index contributed by atoms with van der Waals surface area (Å²) in [5.41, 5.74) is 0.0846. The number of nitrogens with zero attached hydrogens (tertiary/aromatic N) is 1. The van der Waals surface area contributed by atoms with E-state index >= 15 is 0 Å². The molecule has 0 bridgehead atoms. The van der Waals surface area contributed by atoms with E-state index in [2.05, 4.69) is 4.74 Å². The zero-order valence-corrected chi connectivity index (χ0v) is 9.04. The first kappa shape index (κ1) is 11.1. The smallest absolute Gasteiger partial charge is 0.338 e. The summed E-state index contributed by atoms with van der Waals surface area (Å²) in [5.74, 6) is -0.584. The Labute approximate surface area is 96.8 Å². The molecule has 17 heavy (non-hydrogen) atoms. The van der Waals surface area contributed by atoms with Crippen molar-refractivity contribution in [2.45, 2.75) is 0 Å². The summed E-state index contributed by atoms with van der Waals surface area (Å²) < 4.78 is 4.56. The minimum atomic E-state index is -0.584. The Morgan fingerprint density at radius 2 is 2.00 bits per heavy atom. The van der Waals surface area contributed by atoms with Crippen LogP contribution in [0.15, 0.2) is 36.4 Å². The van der Waals surface area contributed by atoms with Crippen LogP contribution >= 0.6 is 0 Å². The van der Waals surface area contributed by atoms with Crippen LogP contribution in [0, 0.1) is 10.1 Å². The monoisotopic (exact) mass is 231 g/mol. The van der Waals surface area contributed by atoms with E-state index in [-0.39, 0.29) is 11.3 Å². The first-order valence-corrected chi connectivity index (χ1v) is 4.89. The molecule has 0 aliphatic carbocycles. The van der Waals surface area contributed by atoms with Gasteiger partial charge in [0.25, 0.3) is 5.69 Å². The van der Waals surface area contributed by atoms with Crippen LogP contribution < -0.4 is 0 Å². The molecule has 86 valence electrons. The van der Waals surface area contributed by atoms with Gasteiger partial charge in [-0.2, -0.15) is 0 Å². The number of methoxy groups -OCH3 is 1. The predicted octanol–water partition coefficient (Wildman–Crippen LogP) is 2.53. The summed E-state index contributed by atoms with van der Waals surface area (Å²) in [4.78, 5) is 21.8. The molecular weight excluding hydrogens is 222 g/mol. The summed E-state index contributed by atoms with van der Waals surface area (Å²) in [6, 6.07) is 9.64. The van der Waals surface area contributed by atoms with Gasteiger partial charge in [-0.1, -0.05) is 18.2 Å². The van der Waals surface area contributed by atoms with Crippen LogP contribution in [0.3, 0.4) is 0 Å². The second kappa shape index (κ2) is 4.21. The molecule has 5 nitrogen and oxygen atoms in total. The fourth-order valence-corrected chi connectivity index (χ4v) is 1.68. The minimum Gasteiger partial charge on any atom is -0.465 e. The Morgan fingerprint density at radius 3 is 2.65 bits per heavy atom. The van der Waals surface area contributed by atoms with E-state index in [1.54, 1.807) is 30.3 Å². The molecular formula is C12H9NO4. The van der Waals surface area contributed by atoms with Crippen LogP contribution in [-0.2, 0) is 4.74 Å². The number of ether oxygens (including phenoxy) is 1. The van der Waals surface area contributed by atoms with Crippen molar-refractivity contribution in [3.8, 4) is 0 Å². The highest BCUT2D eigenvalue weighted by Crippen LogP contribution is 2.27. The quantitative estimate of drug-likeness (QED) is 0.452. The Bertz CT molecular complexity index is 606. The third kappa shape index (κ3) is 1.94. The number of rotatable bonds is 2.